The van der Waals surface area contributed by atoms with Gasteiger partial charge in [-0.05, 0) is 55.5 Å². The van der Waals surface area contributed by atoms with Gasteiger partial charge in [0.1, 0.15) is 11.9 Å². The SMILES string of the molecule is C[C@H](N=C1NS(=O)(=O)c2ccccc21)C(=O)OCC(=O)c1ccc2c(c1)CCC2. The average molecular weight is 412 g/mol. The number of sulfonamides is 1. The number of fused-ring (bicyclic) bond motifs is 2. The fourth-order valence-electron chi connectivity index (χ4n) is 3.56. The van der Waals surface area contributed by atoms with Crippen molar-refractivity contribution in [1.29, 1.82) is 0 Å². The van der Waals surface area contributed by atoms with Crippen molar-refractivity contribution in [3.05, 3.63) is 64.7 Å². The maximum atomic E-state index is 12.4. The fourth-order valence-corrected chi connectivity index (χ4v) is 4.80. The van der Waals surface area contributed by atoms with Crippen molar-refractivity contribution in [2.75, 3.05) is 6.61 Å². The molecule has 1 N–H and O–H groups in total. The molecule has 2 aromatic carbocycles. The number of ether oxygens (including phenoxy) is 1. The molecule has 2 aliphatic rings. The largest absolute Gasteiger partial charge is 0.456 e. The number of ketones is 1. The van der Waals surface area contributed by atoms with Crippen molar-refractivity contribution < 1.29 is 22.7 Å². The number of carbonyl (C=O) groups is 2. The molecule has 1 heterocycles. The zero-order valence-corrected chi connectivity index (χ0v) is 16.7. The number of carbonyl (C=O) groups excluding carboxylic acids is 2. The molecule has 0 unspecified atom stereocenters. The molecule has 0 fully saturated rings. The Morgan fingerprint density at radius 3 is 2.72 bits per heavy atom. The van der Waals surface area contributed by atoms with Gasteiger partial charge in [0, 0.05) is 11.1 Å². The molecule has 8 heteroatoms. The van der Waals surface area contributed by atoms with Crippen LogP contribution in [0.3, 0.4) is 0 Å². The number of nitrogens with one attached hydrogen (secondary N) is 1. The summed E-state index contributed by atoms with van der Waals surface area (Å²) in [6.45, 7) is 1.11. The van der Waals surface area contributed by atoms with Gasteiger partial charge in [-0.15, -0.1) is 0 Å². The molecule has 4 rings (SSSR count). The predicted molar refractivity (Wildman–Crippen MR) is 107 cm³/mol. The number of hydrogen-bond acceptors (Lipinski definition) is 6. The minimum Gasteiger partial charge on any atom is -0.456 e. The van der Waals surface area contributed by atoms with Gasteiger partial charge in [-0.1, -0.05) is 24.3 Å². The lowest BCUT2D eigenvalue weighted by Crippen LogP contribution is -2.27. The van der Waals surface area contributed by atoms with E-state index in [0.717, 1.165) is 19.3 Å². The first-order valence-electron chi connectivity index (χ1n) is 9.37. The fraction of sp³-hybridized carbons (Fsp3) is 0.286. The lowest BCUT2D eigenvalue weighted by atomic mass is 10.0. The molecule has 0 saturated heterocycles. The van der Waals surface area contributed by atoms with E-state index in [1.165, 1.54) is 24.1 Å². The van der Waals surface area contributed by atoms with Crippen molar-refractivity contribution in [3.8, 4) is 0 Å². The molecular weight excluding hydrogens is 392 g/mol. The second kappa shape index (κ2) is 7.44. The minimum atomic E-state index is -3.68. The van der Waals surface area contributed by atoms with E-state index in [1.807, 2.05) is 12.1 Å². The van der Waals surface area contributed by atoms with Gasteiger partial charge in [0.05, 0.1) is 4.90 Å². The van der Waals surface area contributed by atoms with Crippen molar-refractivity contribution in [2.45, 2.75) is 37.1 Å². The lowest BCUT2D eigenvalue weighted by molar-refractivity contribution is -0.143. The van der Waals surface area contributed by atoms with Crippen LogP contribution in [0.1, 0.15) is 40.4 Å². The number of rotatable bonds is 5. The van der Waals surface area contributed by atoms with Gasteiger partial charge in [0.2, 0.25) is 0 Å². The normalized spacial score (nSPS) is 18.6. The Hall–Kier alpha value is -3.00. The number of aryl methyl sites for hydroxylation is 2. The third-order valence-corrected chi connectivity index (χ3v) is 6.49. The lowest BCUT2D eigenvalue weighted by Gasteiger charge is -2.09. The quantitative estimate of drug-likeness (QED) is 0.598. The van der Waals surface area contributed by atoms with E-state index in [2.05, 4.69) is 9.71 Å². The Bertz CT molecular complexity index is 1140. The molecule has 2 aromatic rings. The van der Waals surface area contributed by atoms with Gasteiger partial charge < -0.3 is 4.74 Å². The molecule has 29 heavy (non-hydrogen) atoms. The molecule has 150 valence electrons. The molecule has 1 atom stereocenters. The molecule has 0 bridgehead atoms. The summed E-state index contributed by atoms with van der Waals surface area (Å²) in [4.78, 5) is 28.9. The summed E-state index contributed by atoms with van der Waals surface area (Å²) in [5, 5.41) is 0. The van der Waals surface area contributed by atoms with E-state index in [-0.39, 0.29) is 23.1 Å². The zero-order chi connectivity index (χ0) is 20.6. The molecule has 0 aromatic heterocycles. The van der Waals surface area contributed by atoms with Gasteiger partial charge in [-0.2, -0.15) is 0 Å². The van der Waals surface area contributed by atoms with Crippen molar-refractivity contribution in [2.24, 2.45) is 4.99 Å². The summed E-state index contributed by atoms with van der Waals surface area (Å²) in [5.74, 6) is -0.884. The Kier molecular flexibility index (Phi) is 4.96. The monoisotopic (exact) mass is 412 g/mol. The summed E-state index contributed by atoms with van der Waals surface area (Å²) in [6, 6.07) is 11.0. The predicted octanol–water partition coefficient (Wildman–Crippen LogP) is 2.03. The highest BCUT2D eigenvalue weighted by atomic mass is 32.2. The Morgan fingerprint density at radius 1 is 1.14 bits per heavy atom. The molecule has 0 saturated carbocycles. The van der Waals surface area contributed by atoms with Crippen LogP contribution >= 0.6 is 0 Å². The first-order chi connectivity index (χ1) is 13.8. The summed E-state index contributed by atoms with van der Waals surface area (Å²) < 4.78 is 31.7. The highest BCUT2D eigenvalue weighted by Gasteiger charge is 2.31. The number of aliphatic imine (C=N–C) groups is 1. The van der Waals surface area contributed by atoms with Gasteiger partial charge in [-0.25, -0.2) is 13.2 Å². The standard InChI is InChI=1S/C21H20N2O5S/c1-13(22-20-17-7-2-3-8-19(17)29(26,27)23-20)21(25)28-12-18(24)16-10-9-14-5-4-6-15(14)11-16/h2-3,7-11,13H,4-6,12H2,1H3,(H,22,23)/t13-/m0/s1. The van der Waals surface area contributed by atoms with E-state index in [4.69, 9.17) is 4.74 Å². The summed E-state index contributed by atoms with van der Waals surface area (Å²) >= 11 is 0. The third kappa shape index (κ3) is 3.80. The molecule has 0 amide bonds. The van der Waals surface area contributed by atoms with Crippen molar-refractivity contribution in [3.63, 3.8) is 0 Å². The Morgan fingerprint density at radius 2 is 1.90 bits per heavy atom. The van der Waals surface area contributed by atoms with E-state index >= 15 is 0 Å². The van der Waals surface area contributed by atoms with Crippen LogP contribution in [-0.2, 0) is 32.4 Å². The molecular formula is C21H20N2O5S. The molecule has 1 aliphatic carbocycles. The van der Waals surface area contributed by atoms with Crippen LogP contribution in [0.25, 0.3) is 0 Å². The smallest absolute Gasteiger partial charge is 0.331 e. The first-order valence-corrected chi connectivity index (χ1v) is 10.8. The second-order valence-corrected chi connectivity index (χ2v) is 8.77. The van der Waals surface area contributed by atoms with Crippen LogP contribution in [-0.4, -0.2) is 38.7 Å². The number of benzene rings is 2. The van der Waals surface area contributed by atoms with Gasteiger partial charge in [-0.3, -0.25) is 14.5 Å². The van der Waals surface area contributed by atoms with Gasteiger partial charge in [0.15, 0.2) is 12.4 Å². The maximum absolute atomic E-state index is 12.4. The number of hydrogen-bond donors (Lipinski definition) is 1. The summed E-state index contributed by atoms with van der Waals surface area (Å²) in [7, 11) is -3.68. The average Bonchev–Trinajstić information content (AvgIpc) is 3.27. The van der Waals surface area contributed by atoms with Crippen LogP contribution in [0.2, 0.25) is 0 Å². The highest BCUT2D eigenvalue weighted by molar-refractivity contribution is 7.90. The number of Topliss-reactive ketones (excluding diaryl/α,β-unsaturated/α-hetero) is 1. The van der Waals surface area contributed by atoms with Crippen molar-refractivity contribution >= 4 is 27.6 Å². The molecule has 1 aliphatic heterocycles. The van der Waals surface area contributed by atoms with Gasteiger partial charge >= 0.3 is 5.97 Å². The van der Waals surface area contributed by atoms with E-state index in [9.17, 15) is 18.0 Å². The maximum Gasteiger partial charge on any atom is 0.331 e. The zero-order valence-electron chi connectivity index (χ0n) is 15.8. The Balaban J connectivity index is 1.42. The molecule has 7 nitrogen and oxygen atoms in total. The number of nitrogens with zero attached hydrogens (tertiary/aromatic N) is 1. The van der Waals surface area contributed by atoms with Crippen LogP contribution in [0.4, 0.5) is 0 Å². The van der Waals surface area contributed by atoms with Crippen LogP contribution in [0.5, 0.6) is 0 Å². The number of amidine groups is 1. The summed E-state index contributed by atoms with van der Waals surface area (Å²) in [6.07, 6.45) is 3.08. The van der Waals surface area contributed by atoms with Crippen LogP contribution in [0, 0.1) is 0 Å². The van der Waals surface area contributed by atoms with E-state index in [1.54, 1.807) is 24.3 Å². The third-order valence-electron chi connectivity index (χ3n) is 5.09. The van der Waals surface area contributed by atoms with Crippen LogP contribution in [0.15, 0.2) is 52.4 Å². The van der Waals surface area contributed by atoms with Gasteiger partial charge in [0.25, 0.3) is 10.0 Å². The van der Waals surface area contributed by atoms with E-state index in [0.29, 0.717) is 11.1 Å². The minimum absolute atomic E-state index is 0.0926. The van der Waals surface area contributed by atoms with Crippen molar-refractivity contribution in [1.82, 2.24) is 4.72 Å². The first kappa shape index (κ1) is 19.3. The van der Waals surface area contributed by atoms with Crippen LogP contribution < -0.4 is 4.72 Å². The number of esters is 1. The summed E-state index contributed by atoms with van der Waals surface area (Å²) in [5.41, 5.74) is 3.37. The molecule has 0 spiro atoms. The van der Waals surface area contributed by atoms with E-state index < -0.39 is 22.0 Å². The highest BCUT2D eigenvalue weighted by Crippen LogP contribution is 2.24. The second-order valence-electron chi connectivity index (χ2n) is 7.12. The Labute approximate surface area is 168 Å². The molecule has 0 radical (unpaired) electrons. The topological polar surface area (TPSA) is 102 Å².